The third-order valence-electron chi connectivity index (χ3n) is 4.45. The minimum Gasteiger partial charge on any atom is -0.493 e. The van der Waals surface area contributed by atoms with Crippen LogP contribution in [0.5, 0.6) is 17.4 Å². The van der Waals surface area contributed by atoms with Crippen LogP contribution in [0.25, 0.3) is 6.08 Å². The first kappa shape index (κ1) is 21.5. The number of methoxy groups -OCH3 is 1. The third-order valence-corrected chi connectivity index (χ3v) is 5.75. The molecular weight excluding hydrogens is 450 g/mol. The molecule has 3 aromatic rings. The molecule has 0 bridgehead atoms. The summed E-state index contributed by atoms with van der Waals surface area (Å²) in [7, 11) is 1.45. The van der Waals surface area contributed by atoms with Crippen molar-refractivity contribution < 1.29 is 19.2 Å². The molecular formula is C22H15N3O5S2. The van der Waals surface area contributed by atoms with Crippen molar-refractivity contribution in [3.8, 4) is 17.4 Å². The molecule has 4 rings (SSSR count). The Labute approximate surface area is 192 Å². The quantitative estimate of drug-likeness (QED) is 0.212. The van der Waals surface area contributed by atoms with E-state index in [-0.39, 0.29) is 23.2 Å². The number of benzene rings is 2. The number of para-hydroxylation sites is 1. The summed E-state index contributed by atoms with van der Waals surface area (Å²) >= 11 is 6.60. The van der Waals surface area contributed by atoms with E-state index in [1.807, 2.05) is 30.3 Å². The first-order valence-corrected chi connectivity index (χ1v) is 10.5. The van der Waals surface area contributed by atoms with Gasteiger partial charge in [-0.25, -0.2) is 4.98 Å². The maximum Gasteiger partial charge on any atom is 0.331 e. The molecule has 1 fully saturated rings. The number of nitro groups is 1. The van der Waals surface area contributed by atoms with E-state index in [0.29, 0.717) is 26.2 Å². The van der Waals surface area contributed by atoms with Crippen LogP contribution in [0.3, 0.4) is 0 Å². The molecule has 32 heavy (non-hydrogen) atoms. The van der Waals surface area contributed by atoms with Gasteiger partial charge in [0, 0.05) is 12.3 Å². The molecule has 8 nitrogen and oxygen atoms in total. The summed E-state index contributed by atoms with van der Waals surface area (Å²) in [6, 6.07) is 16.9. The number of carbonyl (C=O) groups excluding carboxylic acids is 1. The van der Waals surface area contributed by atoms with Crippen LogP contribution in [0.4, 0.5) is 11.4 Å². The van der Waals surface area contributed by atoms with Crippen molar-refractivity contribution in [1.29, 1.82) is 0 Å². The van der Waals surface area contributed by atoms with Crippen molar-refractivity contribution in [2.75, 3.05) is 12.0 Å². The molecule has 0 atom stereocenters. The summed E-state index contributed by atoms with van der Waals surface area (Å²) in [6.45, 7) is 0. The van der Waals surface area contributed by atoms with Crippen molar-refractivity contribution in [3.63, 3.8) is 0 Å². The highest BCUT2D eigenvalue weighted by atomic mass is 32.2. The van der Waals surface area contributed by atoms with Gasteiger partial charge < -0.3 is 9.47 Å². The second kappa shape index (κ2) is 9.16. The largest absolute Gasteiger partial charge is 0.493 e. The van der Waals surface area contributed by atoms with E-state index in [1.165, 1.54) is 42.1 Å². The van der Waals surface area contributed by atoms with Gasteiger partial charge in [0.1, 0.15) is 0 Å². The SMILES string of the molecule is COc1cc(/C=C2\SC(=S)N(c3ccccc3)C2=O)ccc1Oc1ncccc1[N+](=O)[O-]. The van der Waals surface area contributed by atoms with E-state index < -0.39 is 4.92 Å². The molecule has 0 saturated carbocycles. The number of hydrogen-bond acceptors (Lipinski definition) is 8. The number of anilines is 1. The van der Waals surface area contributed by atoms with E-state index in [0.717, 1.165) is 0 Å². The number of amides is 1. The van der Waals surface area contributed by atoms with E-state index in [2.05, 4.69) is 4.98 Å². The molecule has 1 aliphatic heterocycles. The Hall–Kier alpha value is -3.76. The first-order valence-electron chi connectivity index (χ1n) is 9.26. The second-order valence-electron chi connectivity index (χ2n) is 6.45. The standard InChI is InChI=1S/C22H15N3O5S2/c1-29-18-12-14(9-10-17(18)30-20-16(25(27)28)8-5-11-23-20)13-19-21(26)24(22(31)32-19)15-6-3-2-4-7-15/h2-13H,1H3/b19-13-. The molecule has 1 aromatic heterocycles. The molecule has 2 aromatic carbocycles. The summed E-state index contributed by atoms with van der Waals surface area (Å²) < 4.78 is 11.5. The highest BCUT2D eigenvalue weighted by Gasteiger charge is 2.33. The van der Waals surface area contributed by atoms with Crippen LogP contribution < -0.4 is 14.4 Å². The number of pyridine rings is 1. The van der Waals surface area contributed by atoms with Gasteiger partial charge in [0.25, 0.3) is 11.8 Å². The van der Waals surface area contributed by atoms with Crippen LogP contribution in [-0.4, -0.2) is 27.2 Å². The smallest absolute Gasteiger partial charge is 0.331 e. The van der Waals surface area contributed by atoms with Gasteiger partial charge in [-0.2, -0.15) is 0 Å². The average molecular weight is 466 g/mol. The van der Waals surface area contributed by atoms with Crippen LogP contribution in [0.2, 0.25) is 0 Å². The number of nitrogens with zero attached hydrogens (tertiary/aromatic N) is 3. The van der Waals surface area contributed by atoms with Crippen LogP contribution in [0, 0.1) is 10.1 Å². The number of thiocarbonyl (C=S) groups is 1. The van der Waals surface area contributed by atoms with Crippen molar-refractivity contribution in [2.24, 2.45) is 0 Å². The Balaban J connectivity index is 1.61. The van der Waals surface area contributed by atoms with E-state index in [4.69, 9.17) is 21.7 Å². The molecule has 1 saturated heterocycles. The molecule has 0 N–H and O–H groups in total. The second-order valence-corrected chi connectivity index (χ2v) is 8.13. The van der Waals surface area contributed by atoms with Crippen molar-refractivity contribution in [1.82, 2.24) is 4.98 Å². The van der Waals surface area contributed by atoms with Crippen molar-refractivity contribution in [2.45, 2.75) is 0 Å². The Morgan fingerprint density at radius 1 is 1.12 bits per heavy atom. The van der Waals surface area contributed by atoms with Gasteiger partial charge in [-0.05, 0) is 42.0 Å². The lowest BCUT2D eigenvalue weighted by Crippen LogP contribution is -2.27. The van der Waals surface area contributed by atoms with Crippen LogP contribution in [-0.2, 0) is 4.79 Å². The molecule has 2 heterocycles. The van der Waals surface area contributed by atoms with Crippen LogP contribution in [0.1, 0.15) is 5.56 Å². The number of ether oxygens (including phenoxy) is 2. The highest BCUT2D eigenvalue weighted by molar-refractivity contribution is 8.27. The van der Waals surface area contributed by atoms with Gasteiger partial charge in [-0.15, -0.1) is 0 Å². The number of hydrogen-bond donors (Lipinski definition) is 0. The fraction of sp³-hybridized carbons (Fsp3) is 0.0455. The lowest BCUT2D eigenvalue weighted by molar-refractivity contribution is -0.386. The average Bonchev–Trinajstić information content (AvgIpc) is 3.08. The maximum atomic E-state index is 12.9. The topological polar surface area (TPSA) is 94.8 Å². The van der Waals surface area contributed by atoms with Gasteiger partial charge in [-0.3, -0.25) is 19.8 Å². The molecule has 0 aliphatic carbocycles. The number of thioether (sulfide) groups is 1. The summed E-state index contributed by atoms with van der Waals surface area (Å²) in [5.41, 5.74) is 1.12. The normalized spacial score (nSPS) is 14.7. The molecule has 0 unspecified atom stereocenters. The van der Waals surface area contributed by atoms with Gasteiger partial charge in [-0.1, -0.05) is 48.2 Å². The molecule has 1 aliphatic rings. The Bertz CT molecular complexity index is 1250. The lowest BCUT2D eigenvalue weighted by Gasteiger charge is -2.13. The van der Waals surface area contributed by atoms with Crippen molar-refractivity contribution in [3.05, 3.63) is 87.4 Å². The number of carbonyl (C=O) groups is 1. The summed E-state index contributed by atoms with van der Waals surface area (Å²) in [5, 5.41) is 11.2. The third kappa shape index (κ3) is 4.32. The number of rotatable bonds is 6. The van der Waals surface area contributed by atoms with Crippen LogP contribution in [0.15, 0.2) is 71.8 Å². The maximum absolute atomic E-state index is 12.9. The monoisotopic (exact) mass is 465 g/mol. The van der Waals surface area contributed by atoms with Gasteiger partial charge >= 0.3 is 5.69 Å². The summed E-state index contributed by atoms with van der Waals surface area (Å²) in [4.78, 5) is 29.4. The lowest BCUT2D eigenvalue weighted by atomic mass is 10.2. The zero-order valence-electron chi connectivity index (χ0n) is 16.6. The Morgan fingerprint density at radius 3 is 2.62 bits per heavy atom. The van der Waals surface area contributed by atoms with Gasteiger partial charge in [0.05, 0.1) is 22.6 Å². The zero-order chi connectivity index (χ0) is 22.7. The van der Waals surface area contributed by atoms with E-state index in [9.17, 15) is 14.9 Å². The first-order chi connectivity index (χ1) is 15.5. The highest BCUT2D eigenvalue weighted by Crippen LogP contribution is 2.38. The predicted octanol–water partition coefficient (Wildman–Crippen LogP) is 5.20. The molecule has 0 radical (unpaired) electrons. The van der Waals surface area contributed by atoms with E-state index in [1.54, 1.807) is 24.3 Å². The van der Waals surface area contributed by atoms with E-state index >= 15 is 0 Å². The van der Waals surface area contributed by atoms with Crippen molar-refractivity contribution >= 4 is 51.7 Å². The van der Waals surface area contributed by atoms with Gasteiger partial charge in [0.2, 0.25) is 0 Å². The minimum atomic E-state index is -0.572. The fourth-order valence-electron chi connectivity index (χ4n) is 2.98. The molecule has 10 heteroatoms. The molecule has 1 amide bonds. The molecule has 160 valence electrons. The van der Waals surface area contributed by atoms with Gasteiger partial charge in [0.15, 0.2) is 15.8 Å². The summed E-state index contributed by atoms with van der Waals surface area (Å²) in [6.07, 6.45) is 3.11. The minimum absolute atomic E-state index is 0.146. The Morgan fingerprint density at radius 2 is 1.91 bits per heavy atom. The predicted molar refractivity (Wildman–Crippen MR) is 126 cm³/mol. The number of aromatic nitrogens is 1. The zero-order valence-corrected chi connectivity index (χ0v) is 18.3. The molecule has 0 spiro atoms. The Kier molecular flexibility index (Phi) is 6.15. The fourth-order valence-corrected chi connectivity index (χ4v) is 4.28. The summed E-state index contributed by atoms with van der Waals surface area (Å²) in [5.74, 6) is 0.224. The van der Waals surface area contributed by atoms with Crippen LogP contribution >= 0.6 is 24.0 Å².